The molecule has 0 unspecified atom stereocenters. The number of benzene rings is 8. The first kappa shape index (κ1) is 41.1. The molecule has 8 rings (SSSR count). The van der Waals surface area contributed by atoms with Crippen molar-refractivity contribution in [3.05, 3.63) is 255 Å². The Kier molecular flexibility index (Phi) is 14.3. The molecule has 8 aromatic rings. The van der Waals surface area contributed by atoms with Crippen molar-refractivity contribution in [1.29, 1.82) is 0 Å². The number of nitrogens with zero attached hydrogens (tertiary/aromatic N) is 2. The molecule has 0 amide bonds. The molecule has 0 atom stereocenters. The molecule has 56 heavy (non-hydrogen) atoms. The normalized spacial score (nSPS) is 10.1. The molecule has 0 saturated heterocycles. The van der Waals surface area contributed by atoms with Crippen molar-refractivity contribution in [2.75, 3.05) is 0 Å². The summed E-state index contributed by atoms with van der Waals surface area (Å²) in [5.41, 5.74) is 16.4. The summed E-state index contributed by atoms with van der Waals surface area (Å²) < 4.78 is 0. The van der Waals surface area contributed by atoms with E-state index in [4.69, 9.17) is 10.6 Å². The number of rotatable bonds is 8. The molecule has 0 spiro atoms. The van der Waals surface area contributed by atoms with Crippen molar-refractivity contribution >= 4 is 22.7 Å². The zero-order valence-corrected chi connectivity index (χ0v) is 32.7. The minimum atomic E-state index is 0. The molecule has 0 heterocycles. The van der Waals surface area contributed by atoms with Crippen molar-refractivity contribution in [2.24, 2.45) is 0 Å². The summed E-state index contributed by atoms with van der Waals surface area (Å²) in [5, 5.41) is 9.57. The van der Waals surface area contributed by atoms with Crippen LogP contribution in [0.2, 0.25) is 0 Å². The molecule has 2 nitrogen and oxygen atoms in total. The monoisotopic (exact) mass is 818 g/mol. The van der Waals surface area contributed by atoms with Gasteiger partial charge in [0.1, 0.15) is 0 Å². The summed E-state index contributed by atoms with van der Waals surface area (Å²) in [6.07, 6.45) is 0. The second-order valence-electron chi connectivity index (χ2n) is 13.1. The van der Waals surface area contributed by atoms with Gasteiger partial charge in [0, 0.05) is 34.1 Å². The van der Waals surface area contributed by atoms with Gasteiger partial charge in [0.2, 0.25) is 0 Å². The molecule has 0 aliphatic carbocycles. The number of hydrogen-bond donors (Lipinski definition) is 0. The fourth-order valence-electron chi connectivity index (χ4n) is 6.28. The van der Waals surface area contributed by atoms with Gasteiger partial charge in [-0.2, -0.15) is 24.3 Å². The summed E-state index contributed by atoms with van der Waals surface area (Å²) in [6, 6.07) is 66.0. The van der Waals surface area contributed by atoms with Gasteiger partial charge in [0.05, 0.1) is 0 Å². The Labute approximate surface area is 354 Å². The van der Waals surface area contributed by atoms with Crippen LogP contribution in [0.1, 0.15) is 22.3 Å². The topological polar surface area (TPSA) is 28.2 Å². The zero-order valence-electron chi connectivity index (χ0n) is 30.8. The van der Waals surface area contributed by atoms with E-state index in [1.165, 1.54) is 22.3 Å². The Hall–Kier alpha value is -6.12. The average molecular weight is 820 g/mol. The summed E-state index contributed by atoms with van der Waals surface area (Å²) in [6.45, 7) is 16.7. The second kappa shape index (κ2) is 19.5. The molecule has 0 aliphatic heterocycles. The minimum absolute atomic E-state index is 0. The molecule has 0 saturated carbocycles. The zero-order chi connectivity index (χ0) is 37.3. The summed E-state index contributed by atoms with van der Waals surface area (Å²) in [4.78, 5) is 0. The van der Waals surface area contributed by atoms with Crippen molar-refractivity contribution in [3.63, 3.8) is 0 Å². The maximum absolute atomic E-state index is 4.78. The average Bonchev–Trinajstić information content (AvgIpc) is 3.22. The van der Waals surface area contributed by atoms with Crippen LogP contribution in [0.15, 0.2) is 194 Å². The summed E-state index contributed by atoms with van der Waals surface area (Å²) >= 11 is 0. The van der Waals surface area contributed by atoms with Crippen LogP contribution in [-0.2, 0) is 34.1 Å². The fourth-order valence-corrected chi connectivity index (χ4v) is 6.28. The Bertz CT molecular complexity index is 2110. The predicted octanol–water partition coefficient (Wildman–Crippen LogP) is 15.4. The van der Waals surface area contributed by atoms with Gasteiger partial charge in [-0.25, -0.2) is 49.9 Å². The third-order valence-corrected chi connectivity index (χ3v) is 9.23. The third kappa shape index (κ3) is 10.1. The predicted molar refractivity (Wildman–Crippen MR) is 231 cm³/mol. The number of hydrogen-bond acceptors (Lipinski definition) is 0. The van der Waals surface area contributed by atoms with E-state index in [1.54, 1.807) is 0 Å². The van der Waals surface area contributed by atoms with Crippen LogP contribution in [0.4, 0.5) is 22.7 Å². The van der Waals surface area contributed by atoms with Crippen LogP contribution in [0.5, 0.6) is 0 Å². The molecule has 0 bridgehead atoms. The molecule has 2 radical (unpaired) electrons. The minimum Gasteiger partial charge on any atom is -0.774 e. The van der Waals surface area contributed by atoms with E-state index in [2.05, 4.69) is 125 Å². The van der Waals surface area contributed by atoms with Gasteiger partial charge in [0.15, 0.2) is 0 Å². The Morgan fingerprint density at radius 3 is 0.607 bits per heavy atom. The van der Waals surface area contributed by atoms with Crippen LogP contribution in [0.3, 0.4) is 0 Å². The van der Waals surface area contributed by atoms with Crippen LogP contribution < -0.4 is 0 Å². The van der Waals surface area contributed by atoms with E-state index in [0.717, 1.165) is 67.3 Å². The van der Waals surface area contributed by atoms with Crippen LogP contribution in [0.25, 0.3) is 55.1 Å². The largest absolute Gasteiger partial charge is 0.774 e. The second-order valence-corrected chi connectivity index (χ2v) is 13.1. The van der Waals surface area contributed by atoms with Gasteiger partial charge < -0.3 is 10.6 Å². The van der Waals surface area contributed by atoms with E-state index in [9.17, 15) is 0 Å². The van der Waals surface area contributed by atoms with Crippen LogP contribution in [-0.4, -0.2) is 0 Å². The van der Waals surface area contributed by atoms with Gasteiger partial charge in [0.25, 0.3) is 0 Å². The van der Waals surface area contributed by atoms with Crippen molar-refractivity contribution in [2.45, 2.75) is 0 Å². The van der Waals surface area contributed by atoms with E-state index < -0.39 is 0 Å². The van der Waals surface area contributed by atoms with E-state index in [0.29, 0.717) is 0 Å². The van der Waals surface area contributed by atoms with Crippen molar-refractivity contribution in [3.8, 4) is 44.5 Å². The van der Waals surface area contributed by atoms with Gasteiger partial charge in [-0.05, 0) is 22.3 Å². The van der Waals surface area contributed by atoms with Gasteiger partial charge >= 0.3 is 0 Å². The van der Waals surface area contributed by atoms with E-state index in [1.807, 2.05) is 97.1 Å². The Morgan fingerprint density at radius 1 is 0.232 bits per heavy atom. The summed E-state index contributed by atoms with van der Waals surface area (Å²) in [7, 11) is 0. The van der Waals surface area contributed by atoms with Gasteiger partial charge in [-0.3, -0.25) is 22.7 Å². The van der Waals surface area contributed by atoms with E-state index >= 15 is 0 Å². The smallest absolute Gasteiger partial charge is 0 e. The summed E-state index contributed by atoms with van der Waals surface area (Å²) in [5.74, 6) is 0. The molecule has 0 N–H and O–H groups in total. The van der Waals surface area contributed by atoms with Crippen molar-refractivity contribution < 1.29 is 34.1 Å². The molecule has 0 aliphatic rings. The maximum Gasteiger partial charge on any atom is 0 e. The molecule has 0 aromatic heterocycles. The van der Waals surface area contributed by atoms with Gasteiger partial charge in [-0.1, -0.05) is 168 Å². The molecule has 8 aromatic carbocycles. The molecular formula is C52H40Cu2N2-6. The molecule has 4 heteroatoms. The maximum atomic E-state index is 4.78. The van der Waals surface area contributed by atoms with Gasteiger partial charge in [-0.15, -0.1) is 24.3 Å². The van der Waals surface area contributed by atoms with Crippen LogP contribution >= 0.6 is 0 Å². The first-order valence-electron chi connectivity index (χ1n) is 17.9. The molecular weight excluding hydrogens is 780 g/mol. The third-order valence-electron chi connectivity index (χ3n) is 9.23. The first-order chi connectivity index (χ1) is 26.4. The molecule has 0 fully saturated rings. The van der Waals surface area contributed by atoms with Crippen molar-refractivity contribution in [1.82, 2.24) is 0 Å². The standard InChI is InChI=1S/2C26H20N.2Cu/c2*1-19-17-23(21-9-5-3-6-10-21)13-15-25(19)27-26-16-14-24(18-20(26)2)22-11-7-4-8-12-22;;/h2*3-18H,1-2H2;;/q2*-3;;. The quantitative estimate of drug-likeness (QED) is 0.108. The Morgan fingerprint density at radius 2 is 0.429 bits per heavy atom. The Balaban J connectivity index is 0.000000207. The molecule has 286 valence electrons. The first-order valence-corrected chi connectivity index (χ1v) is 17.9. The SMILES string of the molecule is [CH2-]c1cc(-c2ccccc2)ccc1[N-]c1ccc(-c2ccccc2)cc1[CH2-].[CH2-]c1cc(-c2ccccc2)ccc1[N-]c1ccc(-c2ccccc2)cc1[CH2-].[Cu].[Cu]. The van der Waals surface area contributed by atoms with Crippen LogP contribution in [0, 0.1) is 27.7 Å². The fraction of sp³-hybridized carbons (Fsp3) is 0. The van der Waals surface area contributed by atoms with E-state index in [-0.39, 0.29) is 34.1 Å².